The van der Waals surface area contributed by atoms with Crippen molar-refractivity contribution in [1.29, 1.82) is 0 Å². The first-order chi connectivity index (χ1) is 6.34. The topological polar surface area (TPSA) is 236 Å². The maximum atomic E-state index is 10.5. The molecule has 0 fully saturated rings. The van der Waals surface area contributed by atoms with Gasteiger partial charge in [0, 0.05) is 0 Å². The third kappa shape index (κ3) is 9.83. The van der Waals surface area contributed by atoms with Crippen LogP contribution in [0.3, 0.4) is 0 Å². The molecule has 0 unspecified atom stereocenters. The molecule has 106 valence electrons. The number of rotatable bonds is 6. The fraction of sp³-hybridized carbons (Fsp3) is 0.500. The van der Waals surface area contributed by atoms with Crippen molar-refractivity contribution in [2.24, 2.45) is 0 Å². The summed E-state index contributed by atoms with van der Waals surface area (Å²) in [5.41, 5.74) is -2.64. The number of carboxylic acid groups (broad SMARTS) is 3. The molecule has 0 aliphatic rings. The summed E-state index contributed by atoms with van der Waals surface area (Å²) in [6, 6.07) is 0. The fourth-order valence-electron chi connectivity index (χ4n) is 0.806. The van der Waals surface area contributed by atoms with E-state index >= 15 is 0 Å². The van der Waals surface area contributed by atoms with Gasteiger partial charge in [0.2, 0.25) is 5.60 Å². The second-order valence-corrected chi connectivity index (χ2v) is 2.53. The van der Waals surface area contributed by atoms with Crippen LogP contribution in [0.2, 0.25) is 0 Å². The van der Waals surface area contributed by atoms with Gasteiger partial charge in [-0.25, -0.2) is 9.68 Å². The van der Waals surface area contributed by atoms with Crippen molar-refractivity contribution in [2.75, 3.05) is 0 Å². The number of hydrogen-bond donors (Lipinski definition) is 4. The Labute approximate surface area is 143 Å². The molecule has 10 N–H and O–H groups in total. The van der Waals surface area contributed by atoms with Crippen LogP contribution in [0.15, 0.2) is 0 Å². The van der Waals surface area contributed by atoms with Crippen molar-refractivity contribution < 1.29 is 56.3 Å². The standard InChI is InChI=1S/C6H8O8.K.3H2O.H/c7-3(8)1-6(14-13,5(11)12)2-4(9)10;;;;;/h13H,1-2H2,(H,7,8)(H,9,10)(H,11,12);;3*1H2;. The van der Waals surface area contributed by atoms with Gasteiger partial charge >= 0.3 is 69.3 Å². The molecule has 0 saturated carbocycles. The van der Waals surface area contributed by atoms with Gasteiger partial charge < -0.3 is 31.7 Å². The Bertz CT molecular complexity index is 248. The van der Waals surface area contributed by atoms with Gasteiger partial charge in [0.1, 0.15) is 0 Å². The predicted octanol–water partition coefficient (Wildman–Crippen LogP) is -3.87. The van der Waals surface area contributed by atoms with Crippen molar-refractivity contribution in [3.8, 4) is 0 Å². The van der Waals surface area contributed by atoms with Gasteiger partial charge in [-0.2, -0.15) is 0 Å². The van der Waals surface area contributed by atoms with E-state index in [1.807, 2.05) is 0 Å². The van der Waals surface area contributed by atoms with Gasteiger partial charge in [0.25, 0.3) is 0 Å². The van der Waals surface area contributed by atoms with Gasteiger partial charge in [-0.1, -0.05) is 0 Å². The van der Waals surface area contributed by atoms with Crippen molar-refractivity contribution in [1.82, 2.24) is 0 Å². The van der Waals surface area contributed by atoms with E-state index in [1.165, 1.54) is 0 Å². The van der Waals surface area contributed by atoms with Gasteiger partial charge in [-0.05, 0) is 0 Å². The molecule has 0 aliphatic heterocycles. The minimum absolute atomic E-state index is 0. The normalized spacial score (nSPS) is 8.50. The van der Waals surface area contributed by atoms with E-state index in [1.54, 1.807) is 0 Å². The molecule has 18 heavy (non-hydrogen) atoms. The molecule has 0 saturated heterocycles. The molecule has 12 heteroatoms. The Hall–Kier alpha value is -0.154. The second-order valence-electron chi connectivity index (χ2n) is 2.53. The molecule has 0 atom stereocenters. The average Bonchev–Trinajstić information content (AvgIpc) is 2.00. The minimum atomic E-state index is -2.64. The summed E-state index contributed by atoms with van der Waals surface area (Å²) in [6.07, 6.45) is -2.30. The Morgan fingerprint density at radius 3 is 1.28 bits per heavy atom. The molecule has 0 rings (SSSR count). The molecular weight excluding hydrogens is 287 g/mol. The summed E-state index contributed by atoms with van der Waals surface area (Å²) < 4.78 is 0. The Morgan fingerprint density at radius 1 is 0.889 bits per heavy atom. The van der Waals surface area contributed by atoms with E-state index in [2.05, 4.69) is 4.89 Å². The zero-order valence-electron chi connectivity index (χ0n) is 8.34. The first kappa shape index (κ1) is 30.7. The average molecular weight is 302 g/mol. The van der Waals surface area contributed by atoms with Crippen LogP contribution >= 0.6 is 0 Å². The van der Waals surface area contributed by atoms with Crippen LogP contribution in [-0.4, -0.2) is 112 Å². The Kier molecular flexibility index (Phi) is 22.6. The number of hydrogen-bond acceptors (Lipinski definition) is 5. The van der Waals surface area contributed by atoms with E-state index < -0.39 is 36.4 Å². The third-order valence-electron chi connectivity index (χ3n) is 1.44. The fourth-order valence-corrected chi connectivity index (χ4v) is 0.806. The van der Waals surface area contributed by atoms with Crippen molar-refractivity contribution in [3.63, 3.8) is 0 Å². The molecule has 0 spiro atoms. The Morgan fingerprint density at radius 2 is 1.17 bits per heavy atom. The van der Waals surface area contributed by atoms with Crippen molar-refractivity contribution in [3.05, 3.63) is 0 Å². The summed E-state index contributed by atoms with van der Waals surface area (Å²) in [7, 11) is 0. The van der Waals surface area contributed by atoms with E-state index in [-0.39, 0.29) is 67.8 Å². The van der Waals surface area contributed by atoms with Gasteiger partial charge in [-0.3, -0.25) is 14.8 Å². The van der Waals surface area contributed by atoms with Gasteiger partial charge in [-0.15, -0.1) is 0 Å². The van der Waals surface area contributed by atoms with Gasteiger partial charge in [0.05, 0.1) is 12.8 Å². The summed E-state index contributed by atoms with van der Waals surface area (Å²) in [5.74, 6) is -5.05. The molecule has 0 aliphatic carbocycles. The SMILES string of the molecule is O.O.O.O=C(O)CC(CC(=O)O)(OO)C(=O)O.[KH]. The van der Waals surface area contributed by atoms with E-state index in [4.69, 9.17) is 20.6 Å². The third-order valence-corrected chi connectivity index (χ3v) is 1.44. The first-order valence-electron chi connectivity index (χ1n) is 3.33. The van der Waals surface area contributed by atoms with Crippen LogP contribution in [0, 0.1) is 0 Å². The van der Waals surface area contributed by atoms with E-state index in [0.29, 0.717) is 0 Å². The van der Waals surface area contributed by atoms with E-state index in [0.717, 1.165) is 0 Å². The number of aliphatic carboxylic acids is 3. The molecule has 0 amide bonds. The molecule has 0 heterocycles. The predicted molar refractivity (Wildman–Crippen MR) is 56.6 cm³/mol. The summed E-state index contributed by atoms with van der Waals surface area (Å²) in [5, 5.41) is 33.3. The monoisotopic (exact) mass is 302 g/mol. The van der Waals surface area contributed by atoms with Crippen molar-refractivity contribution >= 4 is 69.3 Å². The molecule has 11 nitrogen and oxygen atoms in total. The summed E-state index contributed by atoms with van der Waals surface area (Å²) >= 11 is 0. The number of carboxylic acids is 3. The molecule has 0 aromatic rings. The summed E-state index contributed by atoms with van der Waals surface area (Å²) in [6.45, 7) is 0. The molecule has 0 radical (unpaired) electrons. The molecule has 0 aromatic carbocycles. The molecule has 0 bridgehead atoms. The summed E-state index contributed by atoms with van der Waals surface area (Å²) in [4.78, 5) is 34.4. The van der Waals surface area contributed by atoms with Crippen LogP contribution in [0.1, 0.15) is 12.8 Å². The van der Waals surface area contributed by atoms with Crippen LogP contribution in [0.25, 0.3) is 0 Å². The number of carbonyl (C=O) groups is 3. The quantitative estimate of drug-likeness (QED) is 0.214. The van der Waals surface area contributed by atoms with Crippen molar-refractivity contribution in [2.45, 2.75) is 18.4 Å². The van der Waals surface area contributed by atoms with Crippen LogP contribution in [-0.2, 0) is 19.3 Å². The zero-order valence-corrected chi connectivity index (χ0v) is 8.34. The molecule has 0 aromatic heterocycles. The van der Waals surface area contributed by atoms with Crippen LogP contribution < -0.4 is 0 Å². The zero-order chi connectivity index (χ0) is 11.4. The van der Waals surface area contributed by atoms with Crippen LogP contribution in [0.4, 0.5) is 0 Å². The van der Waals surface area contributed by atoms with E-state index in [9.17, 15) is 14.4 Å². The first-order valence-corrected chi connectivity index (χ1v) is 3.33. The Balaban J connectivity index is -0.000000141. The van der Waals surface area contributed by atoms with Crippen LogP contribution in [0.5, 0.6) is 0 Å². The van der Waals surface area contributed by atoms with Gasteiger partial charge in [0.15, 0.2) is 0 Å². The maximum absolute atomic E-state index is 10.5. The second kappa shape index (κ2) is 13.3. The molecular formula is C6H15KO11.